The van der Waals surface area contributed by atoms with Gasteiger partial charge in [0.1, 0.15) is 0 Å². The molecule has 0 aliphatic rings. The summed E-state index contributed by atoms with van der Waals surface area (Å²) in [6, 6.07) is 9.49. The van der Waals surface area contributed by atoms with Crippen LogP contribution in [-0.2, 0) is 0 Å². The van der Waals surface area contributed by atoms with Gasteiger partial charge in [-0.25, -0.2) is 4.98 Å². The van der Waals surface area contributed by atoms with E-state index in [0.29, 0.717) is 54.5 Å². The molecule has 0 bridgehead atoms. The van der Waals surface area contributed by atoms with E-state index in [0.717, 1.165) is 0 Å². The molecule has 0 saturated carbocycles. The Bertz CT molecular complexity index is 1030. The van der Waals surface area contributed by atoms with E-state index in [1.54, 1.807) is 24.3 Å². The predicted molar refractivity (Wildman–Crippen MR) is 111 cm³/mol. The maximum absolute atomic E-state index is 11.5. The third kappa shape index (κ3) is 3.82. The first-order valence-corrected chi connectivity index (χ1v) is 9.34. The topological polar surface area (TPSA) is 30.0 Å². The first-order chi connectivity index (χ1) is 12.3. The average molecular weight is 466 g/mol. The number of aromatic nitrogens is 1. The molecule has 0 aliphatic carbocycles. The molecule has 2 nitrogen and oxygen atoms in total. The lowest BCUT2D eigenvalue weighted by molar-refractivity contribution is 0.112. The van der Waals surface area contributed by atoms with Crippen LogP contribution in [-0.4, -0.2) is 11.3 Å². The minimum Gasteiger partial charge on any atom is -0.298 e. The van der Waals surface area contributed by atoms with Gasteiger partial charge >= 0.3 is 0 Å². The summed E-state index contributed by atoms with van der Waals surface area (Å²) in [7, 11) is 0. The number of rotatable bonds is 3. The summed E-state index contributed by atoms with van der Waals surface area (Å²) in [5.41, 5.74) is 2.05. The molecule has 8 heteroatoms. The number of aldehydes is 1. The van der Waals surface area contributed by atoms with Crippen molar-refractivity contribution in [1.29, 1.82) is 0 Å². The van der Waals surface area contributed by atoms with E-state index in [1.807, 2.05) is 0 Å². The standard InChI is InChI=1S/C18H7Cl6NO/c19-9-3-11(16(23)13(21)5-9)15-2-1-8(7-26)18(25-15)12-4-10(20)6-14(22)17(12)24/h1-7H. The van der Waals surface area contributed by atoms with E-state index in [4.69, 9.17) is 69.6 Å². The van der Waals surface area contributed by atoms with Gasteiger partial charge < -0.3 is 0 Å². The third-order valence-electron chi connectivity index (χ3n) is 3.57. The van der Waals surface area contributed by atoms with Crippen LogP contribution >= 0.6 is 69.6 Å². The summed E-state index contributed by atoms with van der Waals surface area (Å²) in [6.07, 6.45) is 0.670. The Balaban J connectivity index is 2.29. The van der Waals surface area contributed by atoms with Crippen molar-refractivity contribution in [3.63, 3.8) is 0 Å². The summed E-state index contributed by atoms with van der Waals surface area (Å²) in [5, 5.41) is 1.84. The molecule has 0 aliphatic heterocycles. The van der Waals surface area contributed by atoms with Gasteiger partial charge in [-0.15, -0.1) is 0 Å². The van der Waals surface area contributed by atoms with E-state index in [9.17, 15) is 4.79 Å². The van der Waals surface area contributed by atoms with Crippen molar-refractivity contribution in [3.8, 4) is 22.5 Å². The van der Waals surface area contributed by atoms with Gasteiger partial charge in [0.05, 0.1) is 31.5 Å². The molecule has 0 N–H and O–H groups in total. The number of nitrogens with zero attached hydrogens (tertiary/aromatic N) is 1. The average Bonchev–Trinajstić information content (AvgIpc) is 2.60. The van der Waals surface area contributed by atoms with Gasteiger partial charge in [-0.1, -0.05) is 69.6 Å². The summed E-state index contributed by atoms with van der Waals surface area (Å²) in [6.45, 7) is 0. The highest BCUT2D eigenvalue weighted by molar-refractivity contribution is 6.45. The van der Waals surface area contributed by atoms with Gasteiger partial charge in [-0.2, -0.15) is 0 Å². The van der Waals surface area contributed by atoms with Crippen LogP contribution in [0, 0.1) is 0 Å². The maximum atomic E-state index is 11.5. The second-order valence-electron chi connectivity index (χ2n) is 5.25. The monoisotopic (exact) mass is 463 g/mol. The van der Waals surface area contributed by atoms with Gasteiger partial charge in [-0.05, 0) is 36.4 Å². The van der Waals surface area contributed by atoms with E-state index in [-0.39, 0.29) is 10.0 Å². The zero-order chi connectivity index (χ0) is 19.0. The molecule has 2 aromatic carbocycles. The number of hydrogen-bond donors (Lipinski definition) is 0. The summed E-state index contributed by atoms with van der Waals surface area (Å²) in [5.74, 6) is 0. The highest BCUT2D eigenvalue weighted by atomic mass is 35.5. The molecule has 1 aromatic heterocycles. The van der Waals surface area contributed by atoms with E-state index < -0.39 is 0 Å². The molecular formula is C18H7Cl6NO. The van der Waals surface area contributed by atoms with Crippen LogP contribution in [0.15, 0.2) is 36.4 Å². The van der Waals surface area contributed by atoms with Crippen molar-refractivity contribution in [2.24, 2.45) is 0 Å². The molecule has 0 unspecified atom stereocenters. The molecule has 0 fully saturated rings. The lowest BCUT2D eigenvalue weighted by Gasteiger charge is -2.12. The highest BCUT2D eigenvalue weighted by Crippen LogP contribution is 2.40. The molecule has 0 spiro atoms. The highest BCUT2D eigenvalue weighted by Gasteiger charge is 2.17. The van der Waals surface area contributed by atoms with E-state index in [1.165, 1.54) is 12.1 Å². The lowest BCUT2D eigenvalue weighted by atomic mass is 10.0. The summed E-state index contributed by atoms with van der Waals surface area (Å²) < 4.78 is 0. The normalized spacial score (nSPS) is 10.8. The Kier molecular flexibility index (Phi) is 6.03. The quantitative estimate of drug-likeness (QED) is 0.288. The smallest absolute Gasteiger partial charge is 0.152 e. The zero-order valence-electron chi connectivity index (χ0n) is 12.7. The van der Waals surface area contributed by atoms with Crippen molar-refractivity contribution < 1.29 is 4.79 Å². The SMILES string of the molecule is O=Cc1ccc(-c2cc(Cl)cc(Cl)c2Cl)nc1-c1cc(Cl)cc(Cl)c1Cl. The lowest BCUT2D eigenvalue weighted by Crippen LogP contribution is -1.96. The molecule has 0 saturated heterocycles. The number of benzene rings is 2. The first-order valence-electron chi connectivity index (χ1n) is 7.08. The van der Waals surface area contributed by atoms with Crippen LogP contribution in [0.1, 0.15) is 10.4 Å². The Hall–Kier alpha value is -1.000. The molecule has 0 atom stereocenters. The van der Waals surface area contributed by atoms with Gasteiger partial charge in [0, 0.05) is 26.7 Å². The molecular weight excluding hydrogens is 459 g/mol. The van der Waals surface area contributed by atoms with Gasteiger partial charge in [0.15, 0.2) is 6.29 Å². The van der Waals surface area contributed by atoms with Crippen LogP contribution in [0.4, 0.5) is 0 Å². The molecule has 0 amide bonds. The predicted octanol–water partition coefficient (Wildman–Crippen LogP) is 8.15. The Labute approximate surface area is 179 Å². The van der Waals surface area contributed by atoms with Crippen molar-refractivity contribution in [2.75, 3.05) is 0 Å². The second kappa shape index (κ2) is 7.93. The zero-order valence-corrected chi connectivity index (χ0v) is 17.2. The van der Waals surface area contributed by atoms with E-state index >= 15 is 0 Å². The number of hydrogen-bond acceptors (Lipinski definition) is 2. The van der Waals surface area contributed by atoms with Crippen LogP contribution < -0.4 is 0 Å². The van der Waals surface area contributed by atoms with Gasteiger partial charge in [0.25, 0.3) is 0 Å². The minimum absolute atomic E-state index is 0.235. The second-order valence-corrected chi connectivity index (χ2v) is 7.69. The minimum atomic E-state index is 0.235. The largest absolute Gasteiger partial charge is 0.298 e. The Morgan fingerprint density at radius 3 is 1.85 bits per heavy atom. The third-order valence-corrected chi connectivity index (χ3v) is 5.61. The summed E-state index contributed by atoms with van der Waals surface area (Å²) >= 11 is 36.9. The Morgan fingerprint density at radius 1 is 0.731 bits per heavy atom. The molecule has 132 valence electrons. The van der Waals surface area contributed by atoms with Gasteiger partial charge in [0.2, 0.25) is 0 Å². The fraction of sp³-hybridized carbons (Fsp3) is 0. The van der Waals surface area contributed by atoms with Crippen molar-refractivity contribution in [3.05, 3.63) is 72.1 Å². The molecule has 26 heavy (non-hydrogen) atoms. The summed E-state index contributed by atoms with van der Waals surface area (Å²) in [4.78, 5) is 16.0. The maximum Gasteiger partial charge on any atom is 0.152 e. The van der Waals surface area contributed by atoms with Crippen molar-refractivity contribution in [2.45, 2.75) is 0 Å². The number of halogens is 6. The van der Waals surface area contributed by atoms with Crippen LogP contribution in [0.5, 0.6) is 0 Å². The van der Waals surface area contributed by atoms with Gasteiger partial charge in [-0.3, -0.25) is 4.79 Å². The van der Waals surface area contributed by atoms with Crippen molar-refractivity contribution >= 4 is 75.9 Å². The van der Waals surface area contributed by atoms with Crippen LogP contribution in [0.2, 0.25) is 30.1 Å². The number of carbonyl (C=O) groups excluding carboxylic acids is 1. The molecule has 1 heterocycles. The number of carbonyl (C=O) groups is 1. The molecule has 0 radical (unpaired) electrons. The van der Waals surface area contributed by atoms with Crippen LogP contribution in [0.25, 0.3) is 22.5 Å². The molecule has 3 aromatic rings. The van der Waals surface area contributed by atoms with E-state index in [2.05, 4.69) is 4.98 Å². The van der Waals surface area contributed by atoms with Crippen molar-refractivity contribution in [1.82, 2.24) is 4.98 Å². The van der Waals surface area contributed by atoms with Crippen LogP contribution in [0.3, 0.4) is 0 Å². The number of pyridine rings is 1. The first kappa shape index (κ1) is 19.8. The Morgan fingerprint density at radius 2 is 1.27 bits per heavy atom. The fourth-order valence-corrected chi connectivity index (χ4v) is 3.79. The molecule has 3 rings (SSSR count). The fourth-order valence-electron chi connectivity index (χ4n) is 2.40.